The number of likely N-dealkylation sites (N-methyl/N-ethyl adjacent to an activating group) is 1. The number of amides is 1. The SMILES string of the molecule is COc1ccc2c3c1OC1C(CC(=O)OCCC(=O)NC(C(=O)O)C(C)C)=CC[C@@]4(O)[C@@H](C2)N(C)CC[C@]314. The number of benzene rings is 1. The van der Waals surface area contributed by atoms with E-state index >= 15 is 0 Å². The van der Waals surface area contributed by atoms with E-state index in [0.717, 1.165) is 23.2 Å². The number of nitrogens with one attached hydrogen (secondary N) is 1. The smallest absolute Gasteiger partial charge is 0.326 e. The first kappa shape index (κ1) is 26.5. The lowest BCUT2D eigenvalue weighted by Gasteiger charge is -2.62. The zero-order chi connectivity index (χ0) is 27.4. The third-order valence-corrected chi connectivity index (χ3v) is 8.89. The molecule has 3 N–H and O–H groups in total. The average Bonchev–Trinajstić information content (AvgIpc) is 3.22. The zero-order valence-electron chi connectivity index (χ0n) is 22.3. The summed E-state index contributed by atoms with van der Waals surface area (Å²) in [5.41, 5.74) is 1.17. The number of carboxylic acid groups (broad SMARTS) is 1. The van der Waals surface area contributed by atoms with Gasteiger partial charge < -0.3 is 34.6 Å². The van der Waals surface area contributed by atoms with Gasteiger partial charge in [-0.15, -0.1) is 0 Å². The van der Waals surface area contributed by atoms with Crippen LogP contribution in [0.15, 0.2) is 23.8 Å². The Morgan fingerprint density at radius 2 is 2.05 bits per heavy atom. The van der Waals surface area contributed by atoms with Crippen molar-refractivity contribution in [3.63, 3.8) is 0 Å². The van der Waals surface area contributed by atoms with Crippen LogP contribution >= 0.6 is 0 Å². The summed E-state index contributed by atoms with van der Waals surface area (Å²) in [5, 5.41) is 24.0. The van der Waals surface area contributed by atoms with Gasteiger partial charge in [0, 0.05) is 11.6 Å². The lowest BCUT2D eigenvalue weighted by molar-refractivity contribution is -0.160. The van der Waals surface area contributed by atoms with Crippen LogP contribution in [0.2, 0.25) is 0 Å². The van der Waals surface area contributed by atoms with Crippen molar-refractivity contribution < 1.29 is 38.8 Å². The summed E-state index contributed by atoms with van der Waals surface area (Å²) in [7, 11) is 3.64. The largest absolute Gasteiger partial charge is 0.493 e. The first-order valence-corrected chi connectivity index (χ1v) is 13.2. The average molecular weight is 529 g/mol. The van der Waals surface area contributed by atoms with Crippen LogP contribution in [-0.2, 0) is 31.0 Å². The van der Waals surface area contributed by atoms with Crippen molar-refractivity contribution in [1.29, 1.82) is 0 Å². The van der Waals surface area contributed by atoms with Crippen LogP contribution in [0.5, 0.6) is 11.5 Å². The summed E-state index contributed by atoms with van der Waals surface area (Å²) < 4.78 is 17.5. The molecule has 1 saturated heterocycles. The fourth-order valence-corrected chi connectivity index (χ4v) is 7.01. The second-order valence-corrected chi connectivity index (χ2v) is 11.2. The summed E-state index contributed by atoms with van der Waals surface area (Å²) in [5.74, 6) is -1.12. The van der Waals surface area contributed by atoms with E-state index in [4.69, 9.17) is 14.2 Å². The number of methoxy groups -OCH3 is 1. The summed E-state index contributed by atoms with van der Waals surface area (Å²) >= 11 is 0. The fraction of sp³-hybridized carbons (Fsp3) is 0.607. The molecular formula is C28H36N2O8. The lowest BCUT2D eigenvalue weighted by atomic mass is 9.49. The van der Waals surface area contributed by atoms with Crippen LogP contribution in [-0.4, -0.2) is 84.1 Å². The maximum Gasteiger partial charge on any atom is 0.326 e. The molecule has 206 valence electrons. The molecule has 0 radical (unpaired) electrons. The van der Waals surface area contributed by atoms with E-state index in [0.29, 0.717) is 30.8 Å². The predicted molar refractivity (Wildman–Crippen MR) is 136 cm³/mol. The van der Waals surface area contributed by atoms with E-state index in [1.165, 1.54) is 0 Å². The summed E-state index contributed by atoms with van der Waals surface area (Å²) in [6, 6.07) is 2.89. The Labute approximate surface area is 221 Å². The van der Waals surface area contributed by atoms with Gasteiger partial charge in [-0.05, 0) is 56.0 Å². The molecule has 0 aromatic heterocycles. The van der Waals surface area contributed by atoms with Crippen LogP contribution < -0.4 is 14.8 Å². The van der Waals surface area contributed by atoms with E-state index in [-0.39, 0.29) is 31.4 Å². The van der Waals surface area contributed by atoms with Gasteiger partial charge in [-0.2, -0.15) is 0 Å². The monoisotopic (exact) mass is 528 g/mol. The van der Waals surface area contributed by atoms with E-state index in [2.05, 4.69) is 16.3 Å². The van der Waals surface area contributed by atoms with Crippen molar-refractivity contribution in [3.8, 4) is 11.5 Å². The van der Waals surface area contributed by atoms with Gasteiger partial charge in [0.15, 0.2) is 11.5 Å². The number of aliphatic hydroxyl groups is 1. The minimum Gasteiger partial charge on any atom is -0.493 e. The van der Waals surface area contributed by atoms with Gasteiger partial charge in [0.1, 0.15) is 18.8 Å². The quantitative estimate of drug-likeness (QED) is 0.322. The van der Waals surface area contributed by atoms with Gasteiger partial charge in [-0.1, -0.05) is 26.0 Å². The number of hydrogen-bond acceptors (Lipinski definition) is 8. The molecule has 2 unspecified atom stereocenters. The number of rotatable bonds is 9. The standard InChI is InChI=1S/C28H36N2O8/c1-15(2)23(26(33)34)29-20(31)8-12-37-21(32)14-17-7-9-28(35)19-13-16-5-6-18(36-4)24-22(16)27(28,25(17)38-24)10-11-30(19)3/h5-7,15,19,23,25,35H,8-14H2,1-4H3,(H,29,31)(H,33,34)/t19-,23?,25?,27+,28-/m1/s1. The van der Waals surface area contributed by atoms with Crippen molar-refractivity contribution in [2.45, 2.75) is 75.2 Å². The number of likely N-dealkylation sites (tertiary alicyclic amines) is 1. The lowest BCUT2D eigenvalue weighted by Crippen LogP contribution is -2.74. The normalized spacial score (nSPS) is 29.6. The van der Waals surface area contributed by atoms with Crippen LogP contribution in [0, 0.1) is 5.92 Å². The highest BCUT2D eigenvalue weighted by Crippen LogP contribution is 2.65. The molecule has 10 heteroatoms. The van der Waals surface area contributed by atoms with Crippen LogP contribution in [0.3, 0.4) is 0 Å². The van der Waals surface area contributed by atoms with Crippen molar-refractivity contribution in [3.05, 3.63) is 34.9 Å². The highest BCUT2D eigenvalue weighted by molar-refractivity contribution is 5.84. The maximum atomic E-state index is 12.8. The Morgan fingerprint density at radius 1 is 1.29 bits per heavy atom. The van der Waals surface area contributed by atoms with Gasteiger partial charge in [-0.25, -0.2) is 4.79 Å². The molecule has 38 heavy (non-hydrogen) atoms. The molecule has 1 aromatic rings. The third-order valence-electron chi connectivity index (χ3n) is 8.89. The molecule has 2 aliphatic heterocycles. The van der Waals surface area contributed by atoms with Gasteiger partial charge in [0.25, 0.3) is 0 Å². The molecule has 1 fully saturated rings. The number of carbonyl (C=O) groups excluding carboxylic acids is 2. The Hall–Kier alpha value is -3.11. The number of esters is 1. The molecule has 4 aliphatic rings. The highest BCUT2D eigenvalue weighted by atomic mass is 16.5. The number of carbonyl (C=O) groups is 3. The molecule has 2 heterocycles. The Bertz CT molecular complexity index is 1200. The van der Waals surface area contributed by atoms with E-state index in [1.807, 2.05) is 19.2 Å². The van der Waals surface area contributed by atoms with E-state index in [9.17, 15) is 24.6 Å². The zero-order valence-corrected chi connectivity index (χ0v) is 22.3. The topological polar surface area (TPSA) is 135 Å². The van der Waals surface area contributed by atoms with Crippen LogP contribution in [0.25, 0.3) is 0 Å². The van der Waals surface area contributed by atoms with Crippen LogP contribution in [0.4, 0.5) is 0 Å². The highest BCUT2D eigenvalue weighted by Gasteiger charge is 2.71. The minimum atomic E-state index is -1.11. The van der Waals surface area contributed by atoms with Gasteiger partial charge >= 0.3 is 11.9 Å². The van der Waals surface area contributed by atoms with E-state index < -0.39 is 41.0 Å². The second kappa shape index (κ2) is 9.57. The van der Waals surface area contributed by atoms with Gasteiger partial charge in [-0.3, -0.25) is 9.59 Å². The fourth-order valence-electron chi connectivity index (χ4n) is 7.01. The molecule has 1 aromatic carbocycles. The number of carboxylic acids is 1. The number of ether oxygens (including phenoxy) is 3. The molecule has 2 aliphatic carbocycles. The number of aliphatic carboxylic acids is 1. The molecule has 2 bridgehead atoms. The molecule has 1 spiro atoms. The molecule has 10 nitrogen and oxygen atoms in total. The molecule has 1 amide bonds. The minimum absolute atomic E-state index is 0.0278. The third kappa shape index (κ3) is 3.88. The van der Waals surface area contributed by atoms with Crippen LogP contribution in [0.1, 0.15) is 50.7 Å². The molecule has 5 rings (SSSR count). The Balaban J connectivity index is 1.32. The van der Waals surface area contributed by atoms with Gasteiger partial charge in [0.2, 0.25) is 5.91 Å². The van der Waals surface area contributed by atoms with Crippen molar-refractivity contribution in [1.82, 2.24) is 10.2 Å². The number of hydrogen-bond donors (Lipinski definition) is 3. The van der Waals surface area contributed by atoms with Crippen molar-refractivity contribution in [2.24, 2.45) is 5.92 Å². The van der Waals surface area contributed by atoms with E-state index in [1.54, 1.807) is 21.0 Å². The number of nitrogens with zero attached hydrogens (tertiary/aromatic N) is 1. The molecule has 0 saturated carbocycles. The Kier molecular flexibility index (Phi) is 6.67. The Morgan fingerprint density at radius 3 is 2.74 bits per heavy atom. The second-order valence-electron chi connectivity index (χ2n) is 11.2. The maximum absolute atomic E-state index is 12.8. The summed E-state index contributed by atoms with van der Waals surface area (Å²) in [6.07, 6.45) is 3.01. The van der Waals surface area contributed by atoms with Crippen molar-refractivity contribution >= 4 is 17.8 Å². The predicted octanol–water partition coefficient (Wildman–Crippen LogP) is 1.56. The first-order valence-electron chi connectivity index (χ1n) is 13.2. The summed E-state index contributed by atoms with van der Waals surface area (Å²) in [4.78, 5) is 38.6. The number of piperidine rings is 1. The van der Waals surface area contributed by atoms with Crippen molar-refractivity contribution in [2.75, 3.05) is 27.3 Å². The molecular weight excluding hydrogens is 492 g/mol. The summed E-state index contributed by atoms with van der Waals surface area (Å²) in [6.45, 7) is 4.05. The molecule has 5 atom stereocenters. The first-order chi connectivity index (χ1) is 18.0. The van der Waals surface area contributed by atoms with Gasteiger partial charge in [0.05, 0.1) is 31.0 Å².